The van der Waals surface area contributed by atoms with Crippen LogP contribution in [0, 0.1) is 0 Å². The summed E-state index contributed by atoms with van der Waals surface area (Å²) in [6.07, 6.45) is -0.698. The van der Waals surface area contributed by atoms with Crippen molar-refractivity contribution in [1.82, 2.24) is 0 Å². The molecule has 0 saturated carbocycles. The Balaban J connectivity index is 2.83. The Kier molecular flexibility index (Phi) is 2.48. The standard InChI is InChI=1S/C2H5NO2Si/c1-6-5-2(3)4/h1H3,(H2,3,4). The summed E-state index contributed by atoms with van der Waals surface area (Å²) in [7, 11) is 0.164. The van der Waals surface area contributed by atoms with Crippen LogP contribution in [0.1, 0.15) is 0 Å². The third-order valence-electron chi connectivity index (χ3n) is 0.203. The summed E-state index contributed by atoms with van der Waals surface area (Å²) in [5.74, 6) is 0. The summed E-state index contributed by atoms with van der Waals surface area (Å²) in [6.45, 7) is 1.73. The third-order valence-corrected chi connectivity index (χ3v) is 0.608. The van der Waals surface area contributed by atoms with Crippen molar-refractivity contribution in [3.05, 3.63) is 0 Å². The lowest BCUT2D eigenvalue weighted by atomic mass is 11.3. The van der Waals surface area contributed by atoms with Crippen molar-refractivity contribution in [2.24, 2.45) is 5.73 Å². The summed E-state index contributed by atoms with van der Waals surface area (Å²) >= 11 is 0. The number of amides is 1. The van der Waals surface area contributed by atoms with E-state index in [4.69, 9.17) is 0 Å². The van der Waals surface area contributed by atoms with Crippen molar-refractivity contribution in [2.45, 2.75) is 6.55 Å². The highest BCUT2D eigenvalue weighted by Gasteiger charge is 1.84. The second kappa shape index (κ2) is 2.71. The molecule has 0 rings (SSSR count). The average Bonchev–Trinajstić information content (AvgIpc) is 1.35. The highest BCUT2D eigenvalue weighted by Crippen LogP contribution is 1.63. The van der Waals surface area contributed by atoms with E-state index in [1.807, 2.05) is 0 Å². The number of hydrogen-bond donors (Lipinski definition) is 1. The van der Waals surface area contributed by atoms with Crippen LogP contribution in [-0.4, -0.2) is 15.9 Å². The maximum atomic E-state index is 9.61. The first-order valence-corrected chi connectivity index (χ1v) is 2.81. The van der Waals surface area contributed by atoms with E-state index in [0.29, 0.717) is 0 Å². The summed E-state index contributed by atoms with van der Waals surface area (Å²) in [5, 5.41) is 0. The topological polar surface area (TPSA) is 52.3 Å². The third kappa shape index (κ3) is 3.49. The Morgan fingerprint density at radius 3 is 2.50 bits per heavy atom. The molecule has 2 N–H and O–H groups in total. The lowest BCUT2D eigenvalue weighted by molar-refractivity contribution is 0.213. The van der Waals surface area contributed by atoms with Crippen molar-refractivity contribution >= 4 is 15.9 Å². The first-order chi connectivity index (χ1) is 2.77. The molecule has 0 aliphatic rings. The van der Waals surface area contributed by atoms with Gasteiger partial charge in [-0.15, -0.1) is 0 Å². The van der Waals surface area contributed by atoms with Gasteiger partial charge >= 0.3 is 15.9 Å². The Labute approximate surface area is 38.4 Å². The van der Waals surface area contributed by atoms with Crippen LogP contribution in [0.25, 0.3) is 0 Å². The van der Waals surface area contributed by atoms with Gasteiger partial charge in [-0.3, -0.25) is 0 Å². The van der Waals surface area contributed by atoms with Gasteiger partial charge in [0.25, 0.3) is 0 Å². The number of rotatable bonds is 1. The Morgan fingerprint density at radius 1 is 2.00 bits per heavy atom. The average molecular weight is 103 g/mol. The number of hydrogen-bond acceptors (Lipinski definition) is 2. The van der Waals surface area contributed by atoms with Gasteiger partial charge in [0.15, 0.2) is 0 Å². The predicted octanol–water partition coefficient (Wildman–Crippen LogP) is -0.251. The van der Waals surface area contributed by atoms with E-state index >= 15 is 0 Å². The minimum absolute atomic E-state index is 0.164. The smallest absolute Gasteiger partial charge is 0.390 e. The van der Waals surface area contributed by atoms with Crippen LogP contribution in [0.3, 0.4) is 0 Å². The van der Waals surface area contributed by atoms with Gasteiger partial charge in [-0.1, -0.05) is 0 Å². The summed E-state index contributed by atoms with van der Waals surface area (Å²) < 4.78 is 4.21. The van der Waals surface area contributed by atoms with Crippen LogP contribution < -0.4 is 5.73 Å². The molecule has 0 unspecified atom stereocenters. The lowest BCUT2D eigenvalue weighted by Gasteiger charge is -1.87. The molecule has 4 heteroatoms. The highest BCUT2D eigenvalue weighted by molar-refractivity contribution is 6.28. The van der Waals surface area contributed by atoms with Gasteiger partial charge in [0.05, 0.1) is 0 Å². The van der Waals surface area contributed by atoms with E-state index in [1.54, 1.807) is 6.55 Å². The number of carbonyl (C=O) groups is 1. The largest absolute Gasteiger partial charge is 0.501 e. The zero-order valence-electron chi connectivity index (χ0n) is 3.39. The van der Waals surface area contributed by atoms with Gasteiger partial charge in [0, 0.05) is 0 Å². The molecular weight excluding hydrogens is 98.1 g/mol. The van der Waals surface area contributed by atoms with Gasteiger partial charge in [0.1, 0.15) is 0 Å². The Hall–Kier alpha value is -0.513. The van der Waals surface area contributed by atoms with Gasteiger partial charge in [0.2, 0.25) is 0 Å². The molecule has 2 radical (unpaired) electrons. The zero-order valence-corrected chi connectivity index (χ0v) is 4.39. The first kappa shape index (κ1) is 5.49. The van der Waals surface area contributed by atoms with Crippen LogP contribution in [0.5, 0.6) is 0 Å². The normalized spacial score (nSPS) is 7.50. The molecule has 0 saturated heterocycles. The molecule has 0 heterocycles. The van der Waals surface area contributed by atoms with E-state index < -0.39 is 6.09 Å². The lowest BCUT2D eigenvalue weighted by Crippen LogP contribution is -2.13. The highest BCUT2D eigenvalue weighted by atomic mass is 28.2. The van der Waals surface area contributed by atoms with Crippen molar-refractivity contribution in [2.75, 3.05) is 0 Å². The van der Waals surface area contributed by atoms with Crippen LogP contribution in [0.2, 0.25) is 6.55 Å². The zero-order chi connectivity index (χ0) is 4.99. The van der Waals surface area contributed by atoms with Crippen LogP contribution in [-0.2, 0) is 4.43 Å². The van der Waals surface area contributed by atoms with E-state index in [1.165, 1.54) is 0 Å². The van der Waals surface area contributed by atoms with Gasteiger partial charge in [-0.05, 0) is 6.55 Å². The molecule has 0 spiro atoms. The first-order valence-electron chi connectivity index (χ1n) is 1.40. The van der Waals surface area contributed by atoms with Crippen LogP contribution in [0.15, 0.2) is 0 Å². The summed E-state index contributed by atoms with van der Waals surface area (Å²) in [5.41, 5.74) is 4.55. The molecule has 0 aromatic rings. The molecule has 0 aliphatic carbocycles. The minimum atomic E-state index is -0.698. The number of carbonyl (C=O) groups excluding carboxylic acids is 1. The number of primary amides is 1. The van der Waals surface area contributed by atoms with E-state index in [-0.39, 0.29) is 9.76 Å². The summed E-state index contributed by atoms with van der Waals surface area (Å²) in [4.78, 5) is 9.61. The molecule has 0 aliphatic heterocycles. The molecule has 6 heavy (non-hydrogen) atoms. The second-order valence-electron chi connectivity index (χ2n) is 0.625. The molecule has 3 nitrogen and oxygen atoms in total. The fourth-order valence-corrected chi connectivity index (χ4v) is 0.302. The predicted molar refractivity (Wildman–Crippen MR) is 22.3 cm³/mol. The SMILES string of the molecule is C[Si]OC(N)=O. The summed E-state index contributed by atoms with van der Waals surface area (Å²) in [6, 6.07) is 0. The molecule has 0 atom stereocenters. The van der Waals surface area contributed by atoms with E-state index in [0.717, 1.165) is 0 Å². The molecule has 0 bridgehead atoms. The maximum Gasteiger partial charge on any atom is 0.390 e. The fraction of sp³-hybridized carbons (Fsp3) is 0.500. The van der Waals surface area contributed by atoms with Crippen molar-refractivity contribution in [1.29, 1.82) is 0 Å². The molecule has 34 valence electrons. The van der Waals surface area contributed by atoms with Crippen molar-refractivity contribution < 1.29 is 9.22 Å². The van der Waals surface area contributed by atoms with Crippen molar-refractivity contribution in [3.8, 4) is 0 Å². The molecule has 0 fully saturated rings. The van der Waals surface area contributed by atoms with Gasteiger partial charge in [-0.2, -0.15) is 0 Å². The molecule has 0 aromatic heterocycles. The monoisotopic (exact) mass is 103 g/mol. The number of nitrogens with two attached hydrogens (primary N) is 1. The van der Waals surface area contributed by atoms with Crippen LogP contribution in [0.4, 0.5) is 4.79 Å². The van der Waals surface area contributed by atoms with Gasteiger partial charge < -0.3 is 10.2 Å². The fourth-order valence-electron chi connectivity index (χ4n) is 0.101. The quantitative estimate of drug-likeness (QED) is 0.465. The van der Waals surface area contributed by atoms with E-state index in [9.17, 15) is 4.79 Å². The molecular formula is C2H5NO2Si. The Bertz CT molecular complexity index is 55.5. The maximum absolute atomic E-state index is 9.61. The van der Waals surface area contributed by atoms with Crippen LogP contribution >= 0.6 is 0 Å². The second-order valence-corrected chi connectivity index (χ2v) is 1.24. The van der Waals surface area contributed by atoms with Gasteiger partial charge in [-0.25, -0.2) is 4.79 Å². The molecule has 1 amide bonds. The Morgan fingerprint density at radius 2 is 2.50 bits per heavy atom. The van der Waals surface area contributed by atoms with Crippen molar-refractivity contribution in [3.63, 3.8) is 0 Å². The van der Waals surface area contributed by atoms with E-state index in [2.05, 4.69) is 10.2 Å². The minimum Gasteiger partial charge on any atom is -0.501 e. The molecule has 0 aromatic carbocycles.